The highest BCUT2D eigenvalue weighted by atomic mass is 79.9. The second-order valence-electron chi connectivity index (χ2n) is 2.67. The van der Waals surface area contributed by atoms with Gasteiger partial charge in [0.15, 0.2) is 0 Å². The molecule has 0 aliphatic rings. The van der Waals surface area contributed by atoms with Crippen molar-refractivity contribution < 1.29 is 0 Å². The highest BCUT2D eigenvalue weighted by Crippen LogP contribution is 2.23. The van der Waals surface area contributed by atoms with E-state index in [-0.39, 0.29) is 0 Å². The summed E-state index contributed by atoms with van der Waals surface area (Å²) in [5, 5.41) is 3.23. The number of terminal acetylenes is 1. The summed E-state index contributed by atoms with van der Waals surface area (Å²) in [7, 11) is 0. The first-order valence-corrected chi connectivity index (χ1v) is 7.04. The highest BCUT2D eigenvalue weighted by molar-refractivity contribution is 9.11. The summed E-state index contributed by atoms with van der Waals surface area (Å²) in [6, 6.07) is 1.96. The largest absolute Gasteiger partial charge is 0.368 e. The first-order chi connectivity index (χ1) is 7.24. The third kappa shape index (κ3) is 4.92. The van der Waals surface area contributed by atoms with Crippen LogP contribution in [0.15, 0.2) is 21.2 Å². The lowest BCUT2D eigenvalue weighted by Crippen LogP contribution is -2.06. The first kappa shape index (κ1) is 12.9. The van der Waals surface area contributed by atoms with Crippen molar-refractivity contribution in [1.82, 2.24) is 4.98 Å². The maximum Gasteiger partial charge on any atom is 0.140 e. The van der Waals surface area contributed by atoms with E-state index in [0.29, 0.717) is 0 Å². The van der Waals surface area contributed by atoms with Gasteiger partial charge in [0.25, 0.3) is 0 Å². The molecule has 5 heteroatoms. The van der Waals surface area contributed by atoms with Gasteiger partial charge in [0.05, 0.1) is 10.2 Å². The zero-order valence-electron chi connectivity index (χ0n) is 7.96. The van der Waals surface area contributed by atoms with Crippen molar-refractivity contribution >= 4 is 49.4 Å². The number of aromatic nitrogens is 1. The van der Waals surface area contributed by atoms with Crippen LogP contribution in [-0.2, 0) is 0 Å². The number of anilines is 1. The van der Waals surface area contributed by atoms with Gasteiger partial charge in [-0.05, 0) is 37.9 Å². The number of nitrogens with zero attached hydrogens (tertiary/aromatic N) is 1. The predicted octanol–water partition coefficient (Wildman–Crippen LogP) is 3.38. The van der Waals surface area contributed by atoms with Crippen LogP contribution in [0, 0.1) is 12.3 Å². The Morgan fingerprint density at radius 3 is 3.00 bits per heavy atom. The summed E-state index contributed by atoms with van der Waals surface area (Å²) >= 11 is 8.52. The fourth-order valence-electron chi connectivity index (χ4n) is 0.917. The predicted molar refractivity (Wildman–Crippen MR) is 74.3 cm³/mol. The minimum absolute atomic E-state index is 0.761. The summed E-state index contributed by atoms with van der Waals surface area (Å²) in [4.78, 5) is 4.24. The monoisotopic (exact) mass is 348 g/mol. The fourth-order valence-corrected chi connectivity index (χ4v) is 2.55. The Bertz CT molecular complexity index is 363. The van der Waals surface area contributed by atoms with E-state index < -0.39 is 0 Å². The molecule has 0 fully saturated rings. The maximum atomic E-state index is 5.15. The number of rotatable bonds is 5. The Morgan fingerprint density at radius 1 is 1.53 bits per heavy atom. The van der Waals surface area contributed by atoms with Crippen molar-refractivity contribution in [2.75, 3.05) is 23.4 Å². The summed E-state index contributed by atoms with van der Waals surface area (Å²) in [5.41, 5.74) is 0. The minimum atomic E-state index is 0.761. The lowest BCUT2D eigenvalue weighted by Gasteiger charge is -2.06. The maximum absolute atomic E-state index is 5.15. The van der Waals surface area contributed by atoms with E-state index in [1.165, 1.54) is 0 Å². The van der Waals surface area contributed by atoms with Crippen LogP contribution in [0.1, 0.15) is 0 Å². The third-order valence-electron chi connectivity index (χ3n) is 1.53. The normalized spacial score (nSPS) is 9.67. The third-order valence-corrected chi connectivity index (χ3v) is 3.43. The van der Waals surface area contributed by atoms with Gasteiger partial charge in [-0.2, -0.15) is 0 Å². The number of hydrogen-bond acceptors (Lipinski definition) is 3. The van der Waals surface area contributed by atoms with Gasteiger partial charge >= 0.3 is 0 Å². The molecule has 2 nitrogen and oxygen atoms in total. The standard InChI is InChI=1S/C10H10Br2N2S/c1-2-4-15-5-3-13-10-9(12)6-8(11)7-14-10/h1,6-7H,3-5H2,(H,13,14). The van der Waals surface area contributed by atoms with Crippen LogP contribution in [0.2, 0.25) is 0 Å². The van der Waals surface area contributed by atoms with E-state index in [0.717, 1.165) is 32.8 Å². The van der Waals surface area contributed by atoms with E-state index in [2.05, 4.69) is 48.1 Å². The number of nitrogens with one attached hydrogen (secondary N) is 1. The molecule has 0 spiro atoms. The number of pyridine rings is 1. The van der Waals surface area contributed by atoms with Gasteiger partial charge < -0.3 is 5.32 Å². The minimum Gasteiger partial charge on any atom is -0.368 e. The van der Waals surface area contributed by atoms with Crippen LogP contribution in [0.4, 0.5) is 5.82 Å². The van der Waals surface area contributed by atoms with Crippen molar-refractivity contribution in [3.63, 3.8) is 0 Å². The topological polar surface area (TPSA) is 24.9 Å². The summed E-state index contributed by atoms with van der Waals surface area (Å²) in [5.74, 6) is 5.19. The lowest BCUT2D eigenvalue weighted by molar-refractivity contribution is 1.16. The molecule has 0 saturated carbocycles. The fraction of sp³-hybridized carbons (Fsp3) is 0.300. The molecule has 0 amide bonds. The van der Waals surface area contributed by atoms with Gasteiger partial charge in [0.2, 0.25) is 0 Å². The molecule has 1 heterocycles. The average Bonchev–Trinajstić information content (AvgIpc) is 2.20. The Hall–Kier alpha value is -0.180. The quantitative estimate of drug-likeness (QED) is 0.651. The van der Waals surface area contributed by atoms with Gasteiger partial charge in [0.1, 0.15) is 5.82 Å². The molecule has 15 heavy (non-hydrogen) atoms. The molecule has 0 atom stereocenters. The molecule has 0 aliphatic carbocycles. The van der Waals surface area contributed by atoms with Crippen LogP contribution in [0.3, 0.4) is 0 Å². The second-order valence-corrected chi connectivity index (χ2v) is 5.54. The van der Waals surface area contributed by atoms with E-state index in [4.69, 9.17) is 6.42 Å². The number of halogens is 2. The van der Waals surface area contributed by atoms with Crippen molar-refractivity contribution in [2.45, 2.75) is 0 Å². The molecule has 1 aromatic heterocycles. The van der Waals surface area contributed by atoms with Crippen LogP contribution in [-0.4, -0.2) is 23.0 Å². The summed E-state index contributed by atoms with van der Waals surface area (Å²) in [6.07, 6.45) is 6.91. The van der Waals surface area contributed by atoms with E-state index in [1.807, 2.05) is 6.07 Å². The van der Waals surface area contributed by atoms with Gasteiger partial charge in [-0.3, -0.25) is 0 Å². The lowest BCUT2D eigenvalue weighted by atomic mass is 10.4. The Kier molecular flexibility index (Phi) is 6.15. The Labute approximate surface area is 111 Å². The average molecular weight is 350 g/mol. The molecule has 0 bridgehead atoms. The van der Waals surface area contributed by atoms with E-state index in [1.54, 1.807) is 18.0 Å². The summed E-state index contributed by atoms with van der Waals surface area (Å²) < 4.78 is 1.92. The van der Waals surface area contributed by atoms with Crippen molar-refractivity contribution in [3.05, 3.63) is 21.2 Å². The van der Waals surface area contributed by atoms with Gasteiger partial charge in [-0.15, -0.1) is 18.2 Å². The molecule has 0 aliphatic heterocycles. The molecule has 1 rings (SSSR count). The molecule has 0 unspecified atom stereocenters. The second kappa shape index (κ2) is 7.15. The zero-order valence-corrected chi connectivity index (χ0v) is 12.0. The van der Waals surface area contributed by atoms with Crippen LogP contribution >= 0.6 is 43.6 Å². The Balaban J connectivity index is 2.35. The Morgan fingerprint density at radius 2 is 2.33 bits per heavy atom. The van der Waals surface area contributed by atoms with Gasteiger partial charge in [0, 0.05) is 23.0 Å². The molecule has 80 valence electrons. The van der Waals surface area contributed by atoms with E-state index >= 15 is 0 Å². The molecule has 0 aromatic carbocycles. The smallest absolute Gasteiger partial charge is 0.140 e. The molecular weight excluding hydrogens is 340 g/mol. The summed E-state index contributed by atoms with van der Waals surface area (Å²) in [6.45, 7) is 0.861. The molecule has 0 saturated heterocycles. The van der Waals surface area contributed by atoms with Crippen LogP contribution < -0.4 is 5.32 Å². The molecular formula is C10H10Br2N2S. The zero-order chi connectivity index (χ0) is 11.1. The van der Waals surface area contributed by atoms with Crippen molar-refractivity contribution in [3.8, 4) is 12.3 Å². The van der Waals surface area contributed by atoms with Crippen LogP contribution in [0.5, 0.6) is 0 Å². The van der Waals surface area contributed by atoms with Gasteiger partial charge in [-0.25, -0.2) is 4.98 Å². The molecule has 0 radical (unpaired) electrons. The van der Waals surface area contributed by atoms with Crippen LogP contribution in [0.25, 0.3) is 0 Å². The van der Waals surface area contributed by atoms with Crippen molar-refractivity contribution in [2.24, 2.45) is 0 Å². The van der Waals surface area contributed by atoms with E-state index in [9.17, 15) is 0 Å². The number of thioether (sulfide) groups is 1. The molecule has 1 N–H and O–H groups in total. The van der Waals surface area contributed by atoms with Gasteiger partial charge in [-0.1, -0.05) is 5.92 Å². The SMILES string of the molecule is C#CCSCCNc1ncc(Br)cc1Br. The first-order valence-electron chi connectivity index (χ1n) is 4.30. The number of hydrogen-bond donors (Lipinski definition) is 1. The molecule has 1 aromatic rings. The highest BCUT2D eigenvalue weighted by Gasteiger charge is 2.00. The van der Waals surface area contributed by atoms with Crippen molar-refractivity contribution in [1.29, 1.82) is 0 Å².